The van der Waals surface area contributed by atoms with E-state index in [1.165, 1.54) is 26.9 Å². The Morgan fingerprint density at radius 3 is 2.27 bits per heavy atom. The van der Waals surface area contributed by atoms with Crippen molar-refractivity contribution in [3.05, 3.63) is 151 Å². The van der Waals surface area contributed by atoms with Crippen LogP contribution in [0.25, 0.3) is 71.0 Å². The lowest BCUT2D eigenvalue weighted by molar-refractivity contribution is 0.673. The standard InChI is InChI=1S/C40H25N3O/c1-2-14-25-24(12-1)13-11-20-27(25)37-29-17-5-8-21-32(29)41-40(42-37)43-33-22-9-6-18-30(33)35-26-15-3-4-16-28(26)39-36(38(35)43)31-19-7-10-23-34(31)44-39/h1-23,32H,(H,41,42). The first kappa shape index (κ1) is 23.7. The molecule has 1 aliphatic carbocycles. The van der Waals surface area contributed by atoms with E-state index >= 15 is 0 Å². The number of hydrogen-bond acceptors (Lipinski definition) is 3. The number of para-hydroxylation sites is 2. The van der Waals surface area contributed by atoms with E-state index in [2.05, 4.69) is 143 Å². The zero-order chi connectivity index (χ0) is 28.8. The summed E-state index contributed by atoms with van der Waals surface area (Å²) in [6, 6.07) is 40.7. The van der Waals surface area contributed by atoms with Crippen LogP contribution in [-0.2, 0) is 0 Å². The fraction of sp³-hybridized carbons (Fsp3) is 0.0250. The minimum atomic E-state index is -0.0188. The Balaban J connectivity index is 1.39. The Morgan fingerprint density at radius 2 is 1.36 bits per heavy atom. The van der Waals surface area contributed by atoms with Gasteiger partial charge in [-0.2, -0.15) is 0 Å². The lowest BCUT2D eigenvalue weighted by atomic mass is 9.93. The summed E-state index contributed by atoms with van der Waals surface area (Å²) in [4.78, 5) is 5.51. The third-order valence-electron chi connectivity index (χ3n) is 9.21. The molecule has 2 aliphatic rings. The van der Waals surface area contributed by atoms with Gasteiger partial charge in [0.15, 0.2) is 0 Å². The van der Waals surface area contributed by atoms with Crippen molar-refractivity contribution in [1.82, 2.24) is 9.88 Å². The third-order valence-corrected chi connectivity index (χ3v) is 9.21. The summed E-state index contributed by atoms with van der Waals surface area (Å²) >= 11 is 0. The van der Waals surface area contributed by atoms with Gasteiger partial charge in [0.2, 0.25) is 5.96 Å². The van der Waals surface area contributed by atoms with Crippen LogP contribution in [0.15, 0.2) is 155 Å². The first-order valence-corrected chi connectivity index (χ1v) is 15.0. The smallest absolute Gasteiger partial charge is 0.209 e. The first-order valence-electron chi connectivity index (χ1n) is 15.0. The number of rotatable bonds is 1. The quantitative estimate of drug-likeness (QED) is 0.216. The number of furan rings is 1. The van der Waals surface area contributed by atoms with Gasteiger partial charge < -0.3 is 9.73 Å². The first-order chi connectivity index (χ1) is 21.8. The van der Waals surface area contributed by atoms with Crippen LogP contribution in [-0.4, -0.2) is 16.6 Å². The Labute approximate surface area is 252 Å². The molecule has 6 aromatic carbocycles. The van der Waals surface area contributed by atoms with E-state index < -0.39 is 0 Å². The number of benzene rings is 6. The second-order valence-corrected chi connectivity index (χ2v) is 11.6. The molecule has 0 fully saturated rings. The van der Waals surface area contributed by atoms with E-state index in [1.807, 2.05) is 6.07 Å². The van der Waals surface area contributed by atoms with E-state index in [0.717, 1.165) is 61.2 Å². The molecule has 206 valence electrons. The normalized spacial score (nSPS) is 16.5. The minimum Gasteiger partial charge on any atom is -0.455 e. The number of fused-ring (bicyclic) bond motifs is 12. The largest absolute Gasteiger partial charge is 0.455 e. The molecule has 4 heteroatoms. The van der Waals surface area contributed by atoms with Crippen molar-refractivity contribution in [3.8, 4) is 0 Å². The number of allylic oxidation sites excluding steroid dienone is 2. The second-order valence-electron chi connectivity index (χ2n) is 11.6. The summed E-state index contributed by atoms with van der Waals surface area (Å²) in [6.45, 7) is 0. The molecule has 3 heterocycles. The fourth-order valence-electron chi connectivity index (χ4n) is 7.34. The van der Waals surface area contributed by atoms with Gasteiger partial charge in [0.1, 0.15) is 11.2 Å². The maximum Gasteiger partial charge on any atom is 0.209 e. The second kappa shape index (κ2) is 8.82. The summed E-state index contributed by atoms with van der Waals surface area (Å²) in [7, 11) is 0. The lowest BCUT2D eigenvalue weighted by Crippen LogP contribution is -2.42. The van der Waals surface area contributed by atoms with Crippen molar-refractivity contribution in [2.75, 3.05) is 0 Å². The molecule has 1 atom stereocenters. The molecule has 0 bridgehead atoms. The summed E-state index contributed by atoms with van der Waals surface area (Å²) < 4.78 is 8.96. The topological polar surface area (TPSA) is 42.5 Å². The average molecular weight is 564 g/mol. The number of nitrogens with zero attached hydrogens (tertiary/aromatic N) is 2. The van der Waals surface area contributed by atoms with Crippen molar-refractivity contribution >= 4 is 76.9 Å². The highest BCUT2D eigenvalue weighted by Gasteiger charge is 2.29. The van der Waals surface area contributed by atoms with Gasteiger partial charge >= 0.3 is 0 Å². The molecule has 10 rings (SSSR count). The minimum absolute atomic E-state index is 0.0188. The zero-order valence-corrected chi connectivity index (χ0v) is 23.7. The Hall–Kier alpha value is -5.87. The van der Waals surface area contributed by atoms with E-state index in [1.54, 1.807) is 0 Å². The van der Waals surface area contributed by atoms with Gasteiger partial charge in [0.25, 0.3) is 0 Å². The van der Waals surface area contributed by atoms with Crippen LogP contribution in [0.3, 0.4) is 0 Å². The third kappa shape index (κ3) is 3.14. The van der Waals surface area contributed by atoms with E-state index in [0.29, 0.717) is 0 Å². The number of hydrogen-bond donors (Lipinski definition) is 1. The van der Waals surface area contributed by atoms with Gasteiger partial charge in [-0.15, -0.1) is 0 Å². The summed E-state index contributed by atoms with van der Waals surface area (Å²) in [5.74, 6) is 0.801. The molecule has 1 aliphatic heterocycles. The van der Waals surface area contributed by atoms with E-state index in [-0.39, 0.29) is 6.04 Å². The van der Waals surface area contributed by atoms with Crippen LogP contribution in [0, 0.1) is 0 Å². The SMILES string of the molecule is C1=CC2=C(c3cccc4ccccc34)N=C(n3c4ccccc4c4c5ccccc5c5oc6ccccc6c5c43)NC2C=C1. The zero-order valence-electron chi connectivity index (χ0n) is 23.7. The van der Waals surface area contributed by atoms with E-state index in [9.17, 15) is 0 Å². The Bertz CT molecular complexity index is 2640. The molecular formula is C40H25N3O. The molecule has 0 saturated heterocycles. The predicted molar refractivity (Wildman–Crippen MR) is 183 cm³/mol. The van der Waals surface area contributed by atoms with Gasteiger partial charge in [-0.25, -0.2) is 4.99 Å². The monoisotopic (exact) mass is 563 g/mol. The summed E-state index contributed by atoms with van der Waals surface area (Å²) in [5.41, 5.74) is 7.28. The molecule has 1 N–H and O–H groups in total. The number of aliphatic imine (C=N–C) groups is 1. The molecule has 44 heavy (non-hydrogen) atoms. The average Bonchev–Trinajstić information content (AvgIpc) is 3.64. The van der Waals surface area contributed by atoms with Gasteiger partial charge in [0.05, 0.1) is 28.2 Å². The van der Waals surface area contributed by atoms with Crippen molar-refractivity contribution in [2.24, 2.45) is 4.99 Å². The van der Waals surface area contributed by atoms with Crippen LogP contribution in [0.4, 0.5) is 0 Å². The highest BCUT2D eigenvalue weighted by molar-refractivity contribution is 6.36. The van der Waals surface area contributed by atoms with Crippen molar-refractivity contribution < 1.29 is 4.42 Å². The summed E-state index contributed by atoms with van der Waals surface area (Å²) in [5, 5.41) is 13.1. The van der Waals surface area contributed by atoms with Crippen molar-refractivity contribution in [3.63, 3.8) is 0 Å². The molecule has 4 nitrogen and oxygen atoms in total. The van der Waals surface area contributed by atoms with Crippen molar-refractivity contribution in [1.29, 1.82) is 0 Å². The highest BCUT2D eigenvalue weighted by Crippen LogP contribution is 2.45. The van der Waals surface area contributed by atoms with Crippen molar-refractivity contribution in [2.45, 2.75) is 6.04 Å². The van der Waals surface area contributed by atoms with Gasteiger partial charge in [-0.05, 0) is 28.3 Å². The van der Waals surface area contributed by atoms with E-state index in [4.69, 9.17) is 9.41 Å². The highest BCUT2D eigenvalue weighted by atomic mass is 16.3. The number of nitrogens with one attached hydrogen (secondary N) is 1. The molecule has 0 saturated carbocycles. The lowest BCUT2D eigenvalue weighted by Gasteiger charge is -2.29. The maximum absolute atomic E-state index is 6.63. The molecular weight excluding hydrogens is 538 g/mol. The molecule has 8 aromatic rings. The maximum atomic E-state index is 6.63. The predicted octanol–water partition coefficient (Wildman–Crippen LogP) is 9.71. The summed E-state index contributed by atoms with van der Waals surface area (Å²) in [6.07, 6.45) is 8.64. The van der Waals surface area contributed by atoms with Crippen LogP contribution in [0.5, 0.6) is 0 Å². The van der Waals surface area contributed by atoms with Crippen LogP contribution >= 0.6 is 0 Å². The van der Waals surface area contributed by atoms with Crippen LogP contribution in [0.2, 0.25) is 0 Å². The Kier molecular flexibility index (Phi) is 4.74. The molecule has 0 radical (unpaired) electrons. The van der Waals surface area contributed by atoms with Gasteiger partial charge in [-0.1, -0.05) is 127 Å². The molecule has 0 spiro atoms. The fourth-order valence-corrected chi connectivity index (χ4v) is 7.34. The number of aromatic nitrogens is 1. The van der Waals surface area contributed by atoms with Crippen LogP contribution < -0.4 is 5.32 Å². The molecule has 0 amide bonds. The molecule has 2 aromatic heterocycles. The van der Waals surface area contributed by atoms with Gasteiger partial charge in [0, 0.05) is 32.7 Å². The molecule has 1 unspecified atom stereocenters. The van der Waals surface area contributed by atoms with Gasteiger partial charge in [-0.3, -0.25) is 4.57 Å². The Morgan fingerprint density at radius 1 is 0.636 bits per heavy atom. The van der Waals surface area contributed by atoms with Crippen LogP contribution in [0.1, 0.15) is 5.56 Å².